The molecule has 0 aromatic heterocycles. The smallest absolute Gasteiger partial charge is 0.150 e. The lowest BCUT2D eigenvalue weighted by atomic mass is 10.0. The molecule has 108 valence electrons. The number of aryl methyl sites for hydroxylation is 1. The van der Waals surface area contributed by atoms with Gasteiger partial charge in [-0.05, 0) is 31.7 Å². The molecule has 0 aliphatic rings. The quantitative estimate of drug-likeness (QED) is 0.561. The van der Waals surface area contributed by atoms with E-state index >= 15 is 0 Å². The third-order valence-corrected chi connectivity index (χ3v) is 5.04. The Morgan fingerprint density at radius 2 is 2.11 bits per heavy atom. The van der Waals surface area contributed by atoms with Gasteiger partial charge >= 0.3 is 0 Å². The Morgan fingerprint density at radius 1 is 1.37 bits per heavy atom. The number of hydrogen-bond donors (Lipinski definition) is 2. The van der Waals surface area contributed by atoms with Gasteiger partial charge in [0.1, 0.15) is 9.84 Å². The van der Waals surface area contributed by atoms with Gasteiger partial charge in [0.05, 0.1) is 5.75 Å². The maximum Gasteiger partial charge on any atom is 0.150 e. The molecule has 0 aliphatic heterocycles. The largest absolute Gasteiger partial charge is 0.271 e. The lowest BCUT2D eigenvalue weighted by molar-refractivity contribution is 0.484. The van der Waals surface area contributed by atoms with E-state index < -0.39 is 9.84 Å². The summed E-state index contributed by atoms with van der Waals surface area (Å²) in [6.07, 6.45) is 2.24. The monoisotopic (exact) mass is 284 g/mol. The summed E-state index contributed by atoms with van der Waals surface area (Å²) in [7, 11) is -2.87. The van der Waals surface area contributed by atoms with E-state index in [1.165, 1.54) is 11.1 Å². The van der Waals surface area contributed by atoms with Crippen LogP contribution in [0.2, 0.25) is 0 Å². The molecule has 4 nitrogen and oxygen atoms in total. The van der Waals surface area contributed by atoms with Crippen molar-refractivity contribution >= 4 is 9.84 Å². The molecule has 0 aliphatic carbocycles. The molecule has 0 saturated heterocycles. The van der Waals surface area contributed by atoms with Crippen LogP contribution >= 0.6 is 0 Å². The van der Waals surface area contributed by atoms with Crippen molar-refractivity contribution in [2.45, 2.75) is 39.2 Å². The standard InChI is InChI=1S/C14H24N2O2S/c1-3-19(17,18)9-5-8-14(16-15)11-13-7-4-6-12(2)10-13/h4,6-7,10,14,16H,3,5,8-9,11,15H2,1-2H3. The van der Waals surface area contributed by atoms with Crippen LogP contribution in [-0.2, 0) is 16.3 Å². The zero-order valence-electron chi connectivity index (χ0n) is 11.7. The fraction of sp³-hybridized carbons (Fsp3) is 0.571. The molecule has 0 heterocycles. The van der Waals surface area contributed by atoms with E-state index in [1.54, 1.807) is 6.92 Å². The Balaban J connectivity index is 2.46. The lowest BCUT2D eigenvalue weighted by Gasteiger charge is -2.16. The molecule has 0 spiro atoms. The van der Waals surface area contributed by atoms with Gasteiger partial charge < -0.3 is 0 Å². The number of benzene rings is 1. The van der Waals surface area contributed by atoms with Crippen LogP contribution in [-0.4, -0.2) is 26.0 Å². The van der Waals surface area contributed by atoms with Crippen molar-refractivity contribution < 1.29 is 8.42 Å². The third kappa shape index (κ3) is 6.18. The van der Waals surface area contributed by atoms with Gasteiger partial charge in [0.15, 0.2) is 0 Å². The second-order valence-electron chi connectivity index (χ2n) is 4.94. The van der Waals surface area contributed by atoms with Gasteiger partial charge in [0.25, 0.3) is 0 Å². The highest BCUT2D eigenvalue weighted by molar-refractivity contribution is 7.91. The summed E-state index contributed by atoms with van der Waals surface area (Å²) in [6.45, 7) is 3.74. The van der Waals surface area contributed by atoms with Crippen LogP contribution < -0.4 is 11.3 Å². The molecule has 0 saturated carbocycles. The lowest BCUT2D eigenvalue weighted by Crippen LogP contribution is -2.37. The summed E-state index contributed by atoms with van der Waals surface area (Å²) in [5.74, 6) is 6.00. The molecule has 1 aromatic carbocycles. The molecule has 0 radical (unpaired) electrons. The Bertz CT molecular complexity index is 486. The van der Waals surface area contributed by atoms with Crippen molar-refractivity contribution in [3.63, 3.8) is 0 Å². The number of sulfone groups is 1. The second-order valence-corrected chi connectivity index (χ2v) is 7.41. The minimum atomic E-state index is -2.87. The van der Waals surface area contributed by atoms with E-state index in [4.69, 9.17) is 5.84 Å². The van der Waals surface area contributed by atoms with Crippen LogP contribution in [0.15, 0.2) is 24.3 Å². The number of nitrogens with one attached hydrogen (secondary N) is 1. The minimum absolute atomic E-state index is 0.119. The molecule has 0 bridgehead atoms. The highest BCUT2D eigenvalue weighted by atomic mass is 32.2. The van der Waals surface area contributed by atoms with Gasteiger partial charge in [0.2, 0.25) is 0 Å². The molecule has 1 atom stereocenters. The summed E-state index contributed by atoms with van der Waals surface area (Å²) in [5, 5.41) is 0. The summed E-state index contributed by atoms with van der Waals surface area (Å²) < 4.78 is 22.8. The first-order chi connectivity index (χ1) is 8.96. The molecule has 19 heavy (non-hydrogen) atoms. The SMILES string of the molecule is CCS(=O)(=O)CCCC(Cc1cccc(C)c1)NN. The molecule has 0 fully saturated rings. The third-order valence-electron chi connectivity index (χ3n) is 3.25. The summed E-state index contributed by atoms with van der Waals surface area (Å²) >= 11 is 0. The molecule has 1 rings (SSSR count). The van der Waals surface area contributed by atoms with E-state index in [2.05, 4.69) is 30.5 Å². The summed E-state index contributed by atoms with van der Waals surface area (Å²) in [5.41, 5.74) is 5.23. The minimum Gasteiger partial charge on any atom is -0.271 e. The molecule has 5 heteroatoms. The van der Waals surface area contributed by atoms with Crippen molar-refractivity contribution in [2.75, 3.05) is 11.5 Å². The van der Waals surface area contributed by atoms with E-state index in [0.717, 1.165) is 12.8 Å². The molecule has 1 unspecified atom stereocenters. The molecule has 1 aromatic rings. The van der Waals surface area contributed by atoms with Crippen LogP contribution in [0.25, 0.3) is 0 Å². The number of rotatable bonds is 8. The van der Waals surface area contributed by atoms with E-state index in [-0.39, 0.29) is 17.5 Å². The van der Waals surface area contributed by atoms with Crippen molar-refractivity contribution in [2.24, 2.45) is 5.84 Å². The zero-order valence-corrected chi connectivity index (χ0v) is 12.5. The maximum atomic E-state index is 11.4. The van der Waals surface area contributed by atoms with Gasteiger partial charge in [0, 0.05) is 11.8 Å². The molecular weight excluding hydrogens is 260 g/mol. The Morgan fingerprint density at radius 3 is 2.68 bits per heavy atom. The van der Waals surface area contributed by atoms with Gasteiger partial charge in [-0.25, -0.2) is 8.42 Å². The zero-order chi connectivity index (χ0) is 14.3. The molecule has 3 N–H and O–H groups in total. The van der Waals surface area contributed by atoms with E-state index in [1.807, 2.05) is 6.07 Å². The Kier molecular flexibility index (Phi) is 6.48. The summed E-state index contributed by atoms with van der Waals surface area (Å²) in [6, 6.07) is 8.41. The van der Waals surface area contributed by atoms with Gasteiger partial charge in [-0.15, -0.1) is 0 Å². The van der Waals surface area contributed by atoms with Crippen molar-refractivity contribution in [1.82, 2.24) is 5.43 Å². The predicted octanol–water partition coefficient (Wildman–Crippen LogP) is 1.58. The Labute approximate surface area is 116 Å². The van der Waals surface area contributed by atoms with Crippen LogP contribution in [0.1, 0.15) is 30.9 Å². The normalized spacial score (nSPS) is 13.4. The second kappa shape index (κ2) is 7.62. The van der Waals surface area contributed by atoms with Crippen LogP contribution in [0.5, 0.6) is 0 Å². The molecule has 0 amide bonds. The van der Waals surface area contributed by atoms with Crippen molar-refractivity contribution in [3.8, 4) is 0 Å². The fourth-order valence-electron chi connectivity index (χ4n) is 2.06. The van der Waals surface area contributed by atoms with E-state index in [0.29, 0.717) is 6.42 Å². The first-order valence-corrected chi connectivity index (χ1v) is 8.51. The van der Waals surface area contributed by atoms with Crippen molar-refractivity contribution in [1.29, 1.82) is 0 Å². The highest BCUT2D eigenvalue weighted by Gasteiger charge is 2.11. The first-order valence-electron chi connectivity index (χ1n) is 6.69. The van der Waals surface area contributed by atoms with Crippen LogP contribution in [0.4, 0.5) is 0 Å². The van der Waals surface area contributed by atoms with Crippen LogP contribution in [0, 0.1) is 6.92 Å². The number of hydrogen-bond acceptors (Lipinski definition) is 4. The van der Waals surface area contributed by atoms with Crippen molar-refractivity contribution in [3.05, 3.63) is 35.4 Å². The average molecular weight is 284 g/mol. The fourth-order valence-corrected chi connectivity index (χ4v) is 2.96. The number of hydrazine groups is 1. The van der Waals surface area contributed by atoms with Crippen LogP contribution in [0.3, 0.4) is 0 Å². The summed E-state index contributed by atoms with van der Waals surface area (Å²) in [4.78, 5) is 0. The topological polar surface area (TPSA) is 72.2 Å². The van der Waals surface area contributed by atoms with Gasteiger partial charge in [-0.1, -0.05) is 36.8 Å². The van der Waals surface area contributed by atoms with E-state index in [9.17, 15) is 8.42 Å². The number of nitrogens with two attached hydrogens (primary N) is 1. The van der Waals surface area contributed by atoms with Gasteiger partial charge in [-0.2, -0.15) is 0 Å². The van der Waals surface area contributed by atoms with Gasteiger partial charge in [-0.3, -0.25) is 11.3 Å². The Hall–Kier alpha value is -0.910. The highest BCUT2D eigenvalue weighted by Crippen LogP contribution is 2.10. The molecular formula is C14H24N2O2S. The predicted molar refractivity (Wildman–Crippen MR) is 79.6 cm³/mol. The average Bonchev–Trinajstić information content (AvgIpc) is 2.37. The first kappa shape index (κ1) is 16.1. The maximum absolute atomic E-state index is 11.4.